The molecule has 1 aromatic heterocycles. The van der Waals surface area contributed by atoms with Gasteiger partial charge in [-0.05, 0) is 55.5 Å². The van der Waals surface area contributed by atoms with Crippen molar-refractivity contribution in [3.63, 3.8) is 0 Å². The number of pyridine rings is 1. The van der Waals surface area contributed by atoms with Gasteiger partial charge in [0.05, 0.1) is 17.6 Å². The lowest BCUT2D eigenvalue weighted by Crippen LogP contribution is -2.66. The van der Waals surface area contributed by atoms with Crippen molar-refractivity contribution in [3.8, 4) is 0 Å². The van der Waals surface area contributed by atoms with Gasteiger partial charge in [-0.2, -0.15) is 13.2 Å². The molecule has 0 radical (unpaired) electrons. The zero-order valence-electron chi connectivity index (χ0n) is 19.7. The third-order valence-electron chi connectivity index (χ3n) is 8.19. The van der Waals surface area contributed by atoms with Crippen molar-refractivity contribution in [2.24, 2.45) is 5.92 Å². The molecule has 2 fully saturated rings. The molecule has 1 spiro atoms. The molecule has 2 atom stereocenters. The topological polar surface area (TPSA) is 57.3 Å². The second-order valence-electron chi connectivity index (χ2n) is 10.7. The van der Waals surface area contributed by atoms with E-state index in [1.54, 1.807) is 6.07 Å². The van der Waals surface area contributed by atoms with Gasteiger partial charge in [0.2, 0.25) is 5.91 Å². The smallest absolute Gasteiger partial charge is 0.380 e. The SMILES string of the molecule is CN(C(=O)C1CC2(CCN2)C1)C(c1ccc(NC2Cc3ccccc3C2(C)C)cn1)C(F)(F)F. The Labute approximate surface area is 198 Å². The van der Waals surface area contributed by atoms with E-state index in [2.05, 4.69) is 41.6 Å². The first kappa shape index (κ1) is 23.1. The fraction of sp³-hybridized carbons (Fsp3) is 0.538. The third-order valence-corrected chi connectivity index (χ3v) is 8.19. The molecular formula is C26H31F3N4O. The van der Waals surface area contributed by atoms with E-state index in [9.17, 15) is 18.0 Å². The average molecular weight is 473 g/mol. The molecule has 1 saturated carbocycles. The average Bonchev–Trinajstić information content (AvgIpc) is 2.96. The molecule has 8 heteroatoms. The summed E-state index contributed by atoms with van der Waals surface area (Å²) in [6.07, 6.45) is -0.125. The molecule has 1 saturated heterocycles. The maximum absolute atomic E-state index is 14.1. The van der Waals surface area contributed by atoms with Crippen molar-refractivity contribution in [3.05, 3.63) is 59.4 Å². The number of carbonyl (C=O) groups is 1. The molecular weight excluding hydrogens is 441 g/mol. The molecule has 1 amide bonds. The Morgan fingerprint density at radius 3 is 2.47 bits per heavy atom. The Hall–Kier alpha value is -2.61. The van der Waals surface area contributed by atoms with E-state index in [-0.39, 0.29) is 28.6 Å². The lowest BCUT2D eigenvalue weighted by atomic mass is 9.62. The van der Waals surface area contributed by atoms with Crippen LogP contribution in [-0.2, 0) is 16.6 Å². The number of nitrogens with zero attached hydrogens (tertiary/aromatic N) is 2. The van der Waals surface area contributed by atoms with Crippen LogP contribution in [0.2, 0.25) is 0 Å². The summed E-state index contributed by atoms with van der Waals surface area (Å²) < 4.78 is 42.2. The van der Waals surface area contributed by atoms with E-state index in [4.69, 9.17) is 0 Å². The quantitative estimate of drug-likeness (QED) is 0.668. The summed E-state index contributed by atoms with van der Waals surface area (Å²) in [5.74, 6) is -0.828. The number of alkyl halides is 3. The zero-order valence-corrected chi connectivity index (χ0v) is 19.7. The van der Waals surface area contributed by atoms with Gasteiger partial charge in [-0.1, -0.05) is 38.1 Å². The second kappa shape index (κ2) is 7.97. The van der Waals surface area contributed by atoms with Gasteiger partial charge in [0.15, 0.2) is 6.04 Å². The Morgan fingerprint density at radius 1 is 1.21 bits per heavy atom. The summed E-state index contributed by atoms with van der Waals surface area (Å²) in [4.78, 5) is 17.8. The van der Waals surface area contributed by atoms with Gasteiger partial charge in [-0.15, -0.1) is 0 Å². The number of nitrogens with one attached hydrogen (secondary N) is 2. The molecule has 2 N–H and O–H groups in total. The number of anilines is 1. The zero-order chi connectivity index (χ0) is 24.3. The minimum absolute atomic E-state index is 0.0197. The first-order chi connectivity index (χ1) is 16.0. The molecule has 2 aliphatic carbocycles. The molecule has 34 heavy (non-hydrogen) atoms. The van der Waals surface area contributed by atoms with Crippen molar-refractivity contribution in [2.75, 3.05) is 18.9 Å². The highest BCUT2D eigenvalue weighted by molar-refractivity contribution is 5.80. The van der Waals surface area contributed by atoms with Crippen LogP contribution in [0.5, 0.6) is 0 Å². The second-order valence-corrected chi connectivity index (χ2v) is 10.7. The minimum Gasteiger partial charge on any atom is -0.380 e. The summed E-state index contributed by atoms with van der Waals surface area (Å²) >= 11 is 0. The number of hydrogen-bond donors (Lipinski definition) is 2. The summed E-state index contributed by atoms with van der Waals surface area (Å²) in [7, 11) is 1.24. The first-order valence-electron chi connectivity index (χ1n) is 11.9. The molecule has 3 aliphatic rings. The number of rotatable bonds is 5. The van der Waals surface area contributed by atoms with E-state index in [1.807, 2.05) is 12.1 Å². The number of amides is 1. The van der Waals surface area contributed by atoms with Crippen LogP contribution in [0.25, 0.3) is 0 Å². The molecule has 0 bridgehead atoms. The van der Waals surface area contributed by atoms with Gasteiger partial charge in [-0.3, -0.25) is 9.78 Å². The van der Waals surface area contributed by atoms with Crippen molar-refractivity contribution < 1.29 is 18.0 Å². The molecule has 1 aromatic carbocycles. The minimum atomic E-state index is -4.61. The molecule has 5 nitrogen and oxygen atoms in total. The summed E-state index contributed by atoms with van der Waals surface area (Å²) in [6, 6.07) is 9.36. The molecule has 2 aromatic rings. The highest BCUT2D eigenvalue weighted by Gasteiger charge is 2.54. The van der Waals surface area contributed by atoms with Gasteiger partial charge < -0.3 is 15.5 Å². The Balaban J connectivity index is 1.30. The van der Waals surface area contributed by atoms with E-state index >= 15 is 0 Å². The molecule has 2 unspecified atom stereocenters. The van der Waals surface area contributed by atoms with Crippen molar-refractivity contribution in [1.29, 1.82) is 0 Å². The molecule has 5 rings (SSSR count). The lowest BCUT2D eigenvalue weighted by molar-refractivity contribution is -0.193. The Morgan fingerprint density at radius 2 is 1.91 bits per heavy atom. The maximum Gasteiger partial charge on any atom is 0.414 e. The van der Waals surface area contributed by atoms with Crippen LogP contribution in [-0.4, -0.2) is 47.1 Å². The molecule has 182 valence electrons. The third kappa shape index (κ3) is 3.85. The van der Waals surface area contributed by atoms with E-state index < -0.39 is 18.1 Å². The van der Waals surface area contributed by atoms with Gasteiger partial charge >= 0.3 is 6.18 Å². The van der Waals surface area contributed by atoms with Crippen LogP contribution in [0.15, 0.2) is 42.6 Å². The Bertz CT molecular complexity index is 1070. The highest BCUT2D eigenvalue weighted by Crippen LogP contribution is 2.47. The highest BCUT2D eigenvalue weighted by atomic mass is 19.4. The predicted octanol–water partition coefficient (Wildman–Crippen LogP) is 4.60. The number of aromatic nitrogens is 1. The number of carbonyl (C=O) groups excluding carboxylic acids is 1. The van der Waals surface area contributed by atoms with Crippen molar-refractivity contribution in [1.82, 2.24) is 15.2 Å². The fourth-order valence-electron chi connectivity index (χ4n) is 5.96. The van der Waals surface area contributed by atoms with E-state index in [0.29, 0.717) is 18.5 Å². The van der Waals surface area contributed by atoms with Gasteiger partial charge in [-0.25, -0.2) is 0 Å². The van der Waals surface area contributed by atoms with E-state index in [0.717, 1.165) is 24.3 Å². The summed E-state index contributed by atoms with van der Waals surface area (Å²) in [5.41, 5.74) is 2.92. The van der Waals surface area contributed by atoms with Crippen molar-refractivity contribution in [2.45, 2.75) is 68.7 Å². The van der Waals surface area contributed by atoms with Crippen LogP contribution < -0.4 is 10.6 Å². The van der Waals surface area contributed by atoms with Crippen LogP contribution in [0.4, 0.5) is 18.9 Å². The van der Waals surface area contributed by atoms with Gasteiger partial charge in [0, 0.05) is 30.0 Å². The number of hydrogen-bond acceptors (Lipinski definition) is 4. The monoisotopic (exact) mass is 472 g/mol. The molecule has 1 aliphatic heterocycles. The fourth-order valence-corrected chi connectivity index (χ4v) is 5.96. The van der Waals surface area contributed by atoms with Crippen LogP contribution in [0.3, 0.4) is 0 Å². The number of halogens is 3. The molecule has 2 heterocycles. The van der Waals surface area contributed by atoms with Gasteiger partial charge in [0.25, 0.3) is 0 Å². The Kier molecular flexibility index (Phi) is 5.43. The van der Waals surface area contributed by atoms with Crippen LogP contribution >= 0.6 is 0 Å². The number of benzene rings is 1. The normalized spacial score (nSPS) is 27.9. The predicted molar refractivity (Wildman–Crippen MR) is 124 cm³/mol. The largest absolute Gasteiger partial charge is 0.414 e. The van der Waals surface area contributed by atoms with E-state index in [1.165, 1.54) is 30.4 Å². The summed E-state index contributed by atoms with van der Waals surface area (Å²) in [5, 5.41) is 6.77. The maximum atomic E-state index is 14.1. The van der Waals surface area contributed by atoms with Crippen molar-refractivity contribution >= 4 is 11.6 Å². The van der Waals surface area contributed by atoms with Crippen LogP contribution in [0.1, 0.15) is 56.0 Å². The summed E-state index contributed by atoms with van der Waals surface area (Å²) in [6.45, 7) is 5.25. The van der Waals surface area contributed by atoms with Gasteiger partial charge in [0.1, 0.15) is 0 Å². The van der Waals surface area contributed by atoms with Crippen LogP contribution in [0, 0.1) is 5.92 Å². The lowest BCUT2D eigenvalue weighted by Gasteiger charge is -2.55. The first-order valence-corrected chi connectivity index (χ1v) is 11.9. The number of fused-ring (bicyclic) bond motifs is 1. The standard InChI is InChI=1S/C26H31F3N4O/c1-24(2)19-7-5-4-6-16(19)12-21(24)32-18-8-9-20(30-15-18)22(26(27,28)29)33(3)23(34)17-13-25(14-17)10-11-31-25/h4-9,15,17,21-22,31-32H,10-14H2,1-3H3.